The van der Waals surface area contributed by atoms with Crippen molar-refractivity contribution in [1.29, 1.82) is 0 Å². The summed E-state index contributed by atoms with van der Waals surface area (Å²) in [7, 11) is 0. The molecule has 1 atom stereocenters. The van der Waals surface area contributed by atoms with Crippen LogP contribution in [0.15, 0.2) is 48.5 Å². The Morgan fingerprint density at radius 3 is 2.50 bits per heavy atom. The molecule has 0 aliphatic carbocycles. The van der Waals surface area contributed by atoms with E-state index in [1.165, 1.54) is 5.56 Å². The van der Waals surface area contributed by atoms with Crippen molar-refractivity contribution in [2.75, 3.05) is 24.5 Å². The van der Waals surface area contributed by atoms with E-state index in [9.17, 15) is 19.2 Å². The minimum atomic E-state index is -0.591. The molecule has 42 heavy (non-hydrogen) atoms. The maximum absolute atomic E-state index is 13.4. The second-order valence-corrected chi connectivity index (χ2v) is 12.7. The second-order valence-electron chi connectivity index (χ2n) is 11.6. The smallest absolute Gasteiger partial charge is 0.270 e. The zero-order valence-electron chi connectivity index (χ0n) is 23.4. The third kappa shape index (κ3) is 5.03. The maximum Gasteiger partial charge on any atom is 0.270 e. The summed E-state index contributed by atoms with van der Waals surface area (Å²) in [6, 6.07) is 15.4. The number of aromatic nitrogens is 1. The number of anilines is 1. The van der Waals surface area contributed by atoms with Crippen molar-refractivity contribution in [2.24, 2.45) is 0 Å². The molecular weight excluding hydrogens is 550 g/mol. The number of nitrogens with one attached hydrogen (secondary N) is 1. The number of aryl methyl sites for hydroxylation is 1. The molecule has 9 nitrogen and oxygen atoms in total. The number of carbonyl (C=O) groups is 4. The van der Waals surface area contributed by atoms with Crippen molar-refractivity contribution < 1.29 is 19.2 Å². The Bertz CT molecular complexity index is 1560. The van der Waals surface area contributed by atoms with Gasteiger partial charge in [-0.05, 0) is 80.4 Å². The van der Waals surface area contributed by atoms with Gasteiger partial charge in [-0.3, -0.25) is 29.4 Å². The van der Waals surface area contributed by atoms with Crippen LogP contribution in [-0.4, -0.2) is 64.1 Å². The summed E-state index contributed by atoms with van der Waals surface area (Å²) in [4.78, 5) is 62.0. The molecule has 4 aliphatic rings. The van der Waals surface area contributed by atoms with E-state index in [-0.39, 0.29) is 30.0 Å². The third-order valence-electron chi connectivity index (χ3n) is 9.01. The molecule has 1 unspecified atom stereocenters. The fraction of sp³-hybridized carbons (Fsp3) is 0.406. The van der Waals surface area contributed by atoms with Crippen LogP contribution in [0.1, 0.15) is 79.9 Å². The molecule has 0 spiro atoms. The number of benzene rings is 2. The molecule has 4 amide bonds. The number of fused-ring (bicyclic) bond motifs is 2. The molecule has 0 radical (unpaired) electrons. The predicted octanol–water partition coefficient (Wildman–Crippen LogP) is 3.88. The highest BCUT2D eigenvalue weighted by atomic mass is 32.1. The van der Waals surface area contributed by atoms with Crippen LogP contribution in [0.2, 0.25) is 0 Å². The highest BCUT2D eigenvalue weighted by molar-refractivity contribution is 7.14. The van der Waals surface area contributed by atoms with Gasteiger partial charge in [0.25, 0.3) is 11.8 Å². The molecule has 10 heteroatoms. The lowest BCUT2D eigenvalue weighted by atomic mass is 9.88. The second kappa shape index (κ2) is 11.1. The number of carbonyl (C=O) groups excluding carboxylic acids is 4. The number of para-hydroxylation sites is 1. The number of imide groups is 1. The highest BCUT2D eigenvalue weighted by Crippen LogP contribution is 2.35. The van der Waals surface area contributed by atoms with E-state index >= 15 is 0 Å². The minimum Gasteiger partial charge on any atom is -0.322 e. The third-order valence-corrected chi connectivity index (χ3v) is 10.1. The lowest BCUT2D eigenvalue weighted by molar-refractivity contribution is -0.136. The average molecular weight is 584 g/mol. The Hall–Kier alpha value is -3.89. The first kappa shape index (κ1) is 27.0. The quantitative estimate of drug-likeness (QED) is 0.458. The van der Waals surface area contributed by atoms with Gasteiger partial charge in [-0.25, -0.2) is 4.98 Å². The van der Waals surface area contributed by atoms with E-state index in [1.807, 2.05) is 41.3 Å². The molecular formula is C32H33N5O4S. The molecule has 2 saturated heterocycles. The Morgan fingerprint density at radius 2 is 1.71 bits per heavy atom. The number of nitrogens with zero attached hydrogens (tertiary/aromatic N) is 4. The van der Waals surface area contributed by atoms with Gasteiger partial charge in [0.05, 0.1) is 12.2 Å². The van der Waals surface area contributed by atoms with Crippen LogP contribution in [-0.2, 0) is 29.1 Å². The van der Waals surface area contributed by atoms with Gasteiger partial charge in [-0.1, -0.05) is 30.3 Å². The number of likely N-dealkylation sites (tertiary alicyclic amines) is 1. The summed E-state index contributed by atoms with van der Waals surface area (Å²) < 4.78 is 0. The van der Waals surface area contributed by atoms with Gasteiger partial charge in [-0.15, -0.1) is 11.3 Å². The van der Waals surface area contributed by atoms with Crippen LogP contribution in [0, 0.1) is 0 Å². The average Bonchev–Trinajstić information content (AvgIpc) is 3.51. The van der Waals surface area contributed by atoms with Crippen molar-refractivity contribution in [3.8, 4) is 0 Å². The van der Waals surface area contributed by atoms with Crippen LogP contribution >= 0.6 is 11.3 Å². The van der Waals surface area contributed by atoms with Gasteiger partial charge < -0.3 is 9.80 Å². The first-order valence-corrected chi connectivity index (χ1v) is 15.6. The Kier molecular flexibility index (Phi) is 7.11. The van der Waals surface area contributed by atoms with Crippen LogP contribution in [0.3, 0.4) is 0 Å². The van der Waals surface area contributed by atoms with E-state index < -0.39 is 6.04 Å². The molecule has 3 aromatic rings. The lowest BCUT2D eigenvalue weighted by Gasteiger charge is -2.31. The summed E-state index contributed by atoms with van der Waals surface area (Å²) in [6.07, 6.45) is 4.37. The summed E-state index contributed by atoms with van der Waals surface area (Å²) in [5.74, 6) is -0.326. The fourth-order valence-electron chi connectivity index (χ4n) is 6.75. The van der Waals surface area contributed by atoms with Crippen LogP contribution in [0.5, 0.6) is 0 Å². The van der Waals surface area contributed by atoms with Crippen molar-refractivity contribution in [2.45, 2.75) is 63.6 Å². The number of thiazole rings is 1. The number of hydrogen-bond acceptors (Lipinski definition) is 7. The normalized spacial score (nSPS) is 21.8. The van der Waals surface area contributed by atoms with E-state index in [4.69, 9.17) is 4.98 Å². The molecule has 0 bridgehead atoms. The standard InChI is InChI=1S/C32H33N5O4S/c38-27-11-10-26(30(39)34-27)37-18-22-17-21(8-9-24(22)31(37)40)20-12-15-35(16-13-20)19-28-33-25-7-4-14-36(32(41)29(25)42-28)23-5-2-1-3-6-23/h1-3,5-6,8-9,17,20,26H,4,7,10-16,18-19H2,(H,34,38,39). The Balaban J connectivity index is 0.979. The maximum atomic E-state index is 13.4. The van der Waals surface area contributed by atoms with E-state index in [1.54, 1.807) is 16.2 Å². The Morgan fingerprint density at radius 1 is 0.905 bits per heavy atom. The number of piperidine rings is 2. The zero-order chi connectivity index (χ0) is 28.8. The molecule has 1 aromatic heterocycles. The number of amides is 4. The first-order valence-electron chi connectivity index (χ1n) is 14.8. The van der Waals surface area contributed by atoms with Crippen LogP contribution in [0.25, 0.3) is 0 Å². The molecule has 2 aromatic carbocycles. The van der Waals surface area contributed by atoms with Crippen molar-refractivity contribution >= 4 is 40.7 Å². The molecule has 5 heterocycles. The molecule has 2 fully saturated rings. The largest absolute Gasteiger partial charge is 0.322 e. The number of hydrogen-bond donors (Lipinski definition) is 1. The molecule has 4 aliphatic heterocycles. The van der Waals surface area contributed by atoms with E-state index in [2.05, 4.69) is 22.3 Å². The van der Waals surface area contributed by atoms with Gasteiger partial charge in [0.15, 0.2) is 0 Å². The SMILES string of the molecule is O=C1CCC(N2Cc3cc(C4CCN(Cc5nc6c(s5)C(=O)N(c5ccccc5)CCC6)CC4)ccc3C2=O)C(=O)N1. The van der Waals surface area contributed by atoms with Crippen LogP contribution in [0.4, 0.5) is 5.69 Å². The predicted molar refractivity (Wildman–Crippen MR) is 158 cm³/mol. The van der Waals surface area contributed by atoms with Gasteiger partial charge in [0.1, 0.15) is 15.9 Å². The summed E-state index contributed by atoms with van der Waals surface area (Å²) in [5, 5.41) is 3.37. The van der Waals surface area contributed by atoms with Gasteiger partial charge in [0.2, 0.25) is 11.8 Å². The monoisotopic (exact) mass is 583 g/mol. The van der Waals surface area contributed by atoms with Crippen LogP contribution < -0.4 is 10.2 Å². The highest BCUT2D eigenvalue weighted by Gasteiger charge is 2.39. The molecule has 7 rings (SSSR count). The number of rotatable bonds is 5. The van der Waals surface area contributed by atoms with Gasteiger partial charge in [-0.2, -0.15) is 0 Å². The lowest BCUT2D eigenvalue weighted by Crippen LogP contribution is -2.52. The molecule has 0 saturated carbocycles. The van der Waals surface area contributed by atoms with Crippen molar-refractivity contribution in [3.63, 3.8) is 0 Å². The zero-order valence-corrected chi connectivity index (χ0v) is 24.2. The summed E-state index contributed by atoms with van der Waals surface area (Å²) >= 11 is 1.54. The fourth-order valence-corrected chi connectivity index (χ4v) is 7.85. The summed E-state index contributed by atoms with van der Waals surface area (Å²) in [5.41, 5.74) is 4.73. The van der Waals surface area contributed by atoms with Gasteiger partial charge >= 0.3 is 0 Å². The molecule has 216 valence electrons. The van der Waals surface area contributed by atoms with Gasteiger partial charge in [0, 0.05) is 30.8 Å². The Labute approximate surface area is 248 Å². The first-order chi connectivity index (χ1) is 20.4. The molecule has 1 N–H and O–H groups in total. The van der Waals surface area contributed by atoms with E-state index in [0.717, 1.165) is 72.1 Å². The minimum absolute atomic E-state index is 0.0578. The van der Waals surface area contributed by atoms with Crippen molar-refractivity contribution in [1.82, 2.24) is 20.1 Å². The summed E-state index contributed by atoms with van der Waals surface area (Å²) in [6.45, 7) is 3.75. The van der Waals surface area contributed by atoms with Crippen molar-refractivity contribution in [3.05, 3.63) is 80.8 Å². The topological polar surface area (TPSA) is 103 Å². The van der Waals surface area contributed by atoms with E-state index in [0.29, 0.717) is 31.0 Å².